The maximum absolute atomic E-state index is 12.0. The highest BCUT2D eigenvalue weighted by molar-refractivity contribution is 8.76. The van der Waals surface area contributed by atoms with E-state index in [0.717, 1.165) is 21.6 Å². The fourth-order valence-electron chi connectivity index (χ4n) is 1.46. The number of carbonyl (C=O) groups excluding carboxylic acids is 2. The highest BCUT2D eigenvalue weighted by Crippen LogP contribution is 2.22. The second-order valence-corrected chi connectivity index (χ2v) is 9.31. The standard InChI is InChI=1S/C12H21N3O9S3/c13-7(12(20)21)1-2-9(16)15-8(11(19)14-5-10(17)18)6-26-25-3-4-27(22,23)24/h7-8H,1-6,13H2,(H,14,19)(H,15,16)(H,17,18)(H,20,21)(H,22,23,24)/t7-,8-/m0/s1. The maximum atomic E-state index is 12.0. The molecule has 0 aromatic rings. The molecule has 2 amide bonds. The van der Waals surface area contributed by atoms with E-state index in [1.165, 1.54) is 0 Å². The monoisotopic (exact) mass is 447 g/mol. The Morgan fingerprint density at radius 3 is 2.26 bits per heavy atom. The average molecular weight is 448 g/mol. The van der Waals surface area contributed by atoms with Gasteiger partial charge in [-0.25, -0.2) is 0 Å². The number of hydrogen-bond acceptors (Lipinski definition) is 9. The molecule has 156 valence electrons. The van der Waals surface area contributed by atoms with Crippen molar-refractivity contribution >= 4 is 55.5 Å². The van der Waals surface area contributed by atoms with Gasteiger partial charge in [0.15, 0.2) is 0 Å². The van der Waals surface area contributed by atoms with Crippen molar-refractivity contribution in [3.05, 3.63) is 0 Å². The molecule has 0 aromatic carbocycles. The second kappa shape index (κ2) is 12.8. The summed E-state index contributed by atoms with van der Waals surface area (Å²) in [5.41, 5.74) is 5.28. The van der Waals surface area contributed by atoms with Crippen LogP contribution < -0.4 is 16.4 Å². The van der Waals surface area contributed by atoms with E-state index in [9.17, 15) is 27.6 Å². The molecule has 0 saturated carbocycles. The molecule has 27 heavy (non-hydrogen) atoms. The Labute approximate surface area is 163 Å². The Hall–Kier alpha value is -1.55. The SMILES string of the molecule is N[C@@H](CCC(=O)N[C@@H](CSSCCS(=O)(=O)O)C(=O)NCC(=O)O)C(=O)O. The molecular formula is C12H21N3O9S3. The summed E-state index contributed by atoms with van der Waals surface area (Å²) in [7, 11) is -2.04. The molecule has 0 unspecified atom stereocenters. The zero-order chi connectivity index (χ0) is 21.0. The number of hydrogen-bond donors (Lipinski definition) is 6. The van der Waals surface area contributed by atoms with E-state index in [1.807, 2.05) is 0 Å². The largest absolute Gasteiger partial charge is 0.480 e. The maximum Gasteiger partial charge on any atom is 0.322 e. The first kappa shape index (κ1) is 25.4. The molecule has 0 radical (unpaired) electrons. The minimum atomic E-state index is -4.11. The fraction of sp³-hybridized carbons (Fsp3) is 0.667. The summed E-state index contributed by atoms with van der Waals surface area (Å²) in [5.74, 6) is -4.44. The first-order valence-corrected chi connectivity index (χ1v) is 11.5. The number of rotatable bonds is 14. The van der Waals surface area contributed by atoms with Crippen molar-refractivity contribution in [3.63, 3.8) is 0 Å². The van der Waals surface area contributed by atoms with E-state index in [0.29, 0.717) is 0 Å². The number of nitrogens with one attached hydrogen (secondary N) is 2. The molecule has 0 rings (SSSR count). The smallest absolute Gasteiger partial charge is 0.322 e. The van der Waals surface area contributed by atoms with Crippen LogP contribution in [0.3, 0.4) is 0 Å². The van der Waals surface area contributed by atoms with Gasteiger partial charge < -0.3 is 26.6 Å². The molecular weight excluding hydrogens is 426 g/mol. The molecule has 0 aliphatic carbocycles. The van der Waals surface area contributed by atoms with Crippen molar-refractivity contribution < 1.29 is 42.4 Å². The van der Waals surface area contributed by atoms with E-state index in [4.69, 9.17) is 20.5 Å². The van der Waals surface area contributed by atoms with E-state index in [-0.39, 0.29) is 24.3 Å². The number of amides is 2. The second-order valence-electron chi connectivity index (χ2n) is 5.11. The van der Waals surface area contributed by atoms with Crippen LogP contribution in [-0.4, -0.2) is 82.8 Å². The van der Waals surface area contributed by atoms with Gasteiger partial charge in [0.1, 0.15) is 18.6 Å². The Bertz CT molecular complexity index is 641. The molecule has 0 aliphatic heterocycles. The quantitative estimate of drug-likeness (QED) is 0.0981. The summed E-state index contributed by atoms with van der Waals surface area (Å²) >= 11 is 0. The summed E-state index contributed by atoms with van der Waals surface area (Å²) in [5, 5.41) is 21.7. The van der Waals surface area contributed by atoms with Crippen molar-refractivity contribution in [2.24, 2.45) is 5.73 Å². The van der Waals surface area contributed by atoms with Crippen LogP contribution >= 0.6 is 21.6 Å². The fourth-order valence-corrected chi connectivity index (χ4v) is 4.82. The molecule has 12 nitrogen and oxygen atoms in total. The van der Waals surface area contributed by atoms with Gasteiger partial charge in [-0.3, -0.25) is 23.7 Å². The topological polar surface area (TPSA) is 213 Å². The lowest BCUT2D eigenvalue weighted by molar-refractivity contribution is -0.139. The number of carboxylic acids is 2. The number of carbonyl (C=O) groups is 4. The van der Waals surface area contributed by atoms with Crippen molar-refractivity contribution in [1.82, 2.24) is 10.6 Å². The van der Waals surface area contributed by atoms with Crippen molar-refractivity contribution in [2.45, 2.75) is 24.9 Å². The normalized spacial score (nSPS) is 13.4. The summed E-state index contributed by atoms with van der Waals surface area (Å²) in [4.78, 5) is 45.0. The van der Waals surface area contributed by atoms with Gasteiger partial charge in [0.05, 0.1) is 5.75 Å². The first-order chi connectivity index (χ1) is 12.4. The highest BCUT2D eigenvalue weighted by atomic mass is 33.1. The highest BCUT2D eigenvalue weighted by Gasteiger charge is 2.22. The minimum Gasteiger partial charge on any atom is -0.480 e. The molecule has 0 heterocycles. The van der Waals surface area contributed by atoms with Crippen LogP contribution in [0.15, 0.2) is 0 Å². The van der Waals surface area contributed by atoms with E-state index in [1.54, 1.807) is 0 Å². The zero-order valence-electron chi connectivity index (χ0n) is 14.0. The molecule has 0 aliphatic rings. The van der Waals surface area contributed by atoms with Gasteiger partial charge in [0.25, 0.3) is 10.1 Å². The summed E-state index contributed by atoms with van der Waals surface area (Å²) in [6.07, 6.45) is -0.405. The number of nitrogens with two attached hydrogens (primary N) is 1. The van der Waals surface area contributed by atoms with Crippen LogP contribution in [0.4, 0.5) is 0 Å². The van der Waals surface area contributed by atoms with E-state index in [2.05, 4.69) is 10.6 Å². The lowest BCUT2D eigenvalue weighted by Crippen LogP contribution is -2.49. The van der Waals surface area contributed by atoms with Gasteiger partial charge in [-0.2, -0.15) is 8.42 Å². The Morgan fingerprint density at radius 1 is 1.11 bits per heavy atom. The Balaban J connectivity index is 4.58. The molecule has 0 bridgehead atoms. The van der Waals surface area contributed by atoms with Crippen LogP contribution in [0.2, 0.25) is 0 Å². The predicted molar refractivity (Wildman–Crippen MR) is 98.8 cm³/mol. The van der Waals surface area contributed by atoms with Crippen molar-refractivity contribution in [2.75, 3.05) is 23.8 Å². The Morgan fingerprint density at radius 2 is 1.74 bits per heavy atom. The van der Waals surface area contributed by atoms with Gasteiger partial charge >= 0.3 is 11.9 Å². The van der Waals surface area contributed by atoms with Crippen LogP contribution in [0.25, 0.3) is 0 Å². The van der Waals surface area contributed by atoms with Gasteiger partial charge in [-0.05, 0) is 6.42 Å². The number of aliphatic carboxylic acids is 2. The van der Waals surface area contributed by atoms with Crippen LogP contribution in [-0.2, 0) is 29.3 Å². The Kier molecular flexibility index (Phi) is 12.0. The summed E-state index contributed by atoms with van der Waals surface area (Å²) < 4.78 is 29.8. The molecule has 2 atom stereocenters. The molecule has 15 heteroatoms. The van der Waals surface area contributed by atoms with E-state index < -0.39 is 58.3 Å². The lowest BCUT2D eigenvalue weighted by atomic mass is 10.1. The molecule has 0 saturated heterocycles. The third-order valence-corrected chi connectivity index (χ3v) is 6.20. The van der Waals surface area contributed by atoms with Gasteiger partial charge in [0, 0.05) is 17.9 Å². The number of carboxylic acid groups (broad SMARTS) is 2. The molecule has 7 N–H and O–H groups in total. The molecule has 0 aromatic heterocycles. The van der Waals surface area contributed by atoms with Gasteiger partial charge in [-0.15, -0.1) is 0 Å². The minimum absolute atomic E-state index is 0.0156. The summed E-state index contributed by atoms with van der Waals surface area (Å²) in [6.45, 7) is -0.657. The van der Waals surface area contributed by atoms with Gasteiger partial charge in [-0.1, -0.05) is 21.6 Å². The average Bonchev–Trinajstić information content (AvgIpc) is 2.54. The van der Waals surface area contributed by atoms with Gasteiger partial charge in [0.2, 0.25) is 11.8 Å². The zero-order valence-corrected chi connectivity index (χ0v) is 16.4. The van der Waals surface area contributed by atoms with Crippen molar-refractivity contribution in [3.8, 4) is 0 Å². The third kappa shape index (κ3) is 14.2. The molecule has 0 spiro atoms. The summed E-state index contributed by atoms with van der Waals surface area (Å²) in [6, 6.07) is -2.36. The van der Waals surface area contributed by atoms with Crippen LogP contribution in [0, 0.1) is 0 Å². The lowest BCUT2D eigenvalue weighted by Gasteiger charge is -2.18. The van der Waals surface area contributed by atoms with E-state index >= 15 is 0 Å². The predicted octanol–water partition coefficient (Wildman–Crippen LogP) is -1.87. The van der Waals surface area contributed by atoms with Crippen LogP contribution in [0.5, 0.6) is 0 Å². The molecule has 0 fully saturated rings. The first-order valence-electron chi connectivity index (χ1n) is 7.39. The van der Waals surface area contributed by atoms with Crippen molar-refractivity contribution in [1.29, 1.82) is 0 Å². The third-order valence-electron chi connectivity index (χ3n) is 2.81. The van der Waals surface area contributed by atoms with Crippen LogP contribution in [0.1, 0.15) is 12.8 Å².